The molecule has 0 N–H and O–H groups in total. The molecule has 0 fully saturated rings. The zero-order valence-corrected chi connectivity index (χ0v) is 5.44. The van der Waals surface area contributed by atoms with E-state index in [1.807, 2.05) is 0 Å². The molecule has 1 heterocycles. The van der Waals surface area contributed by atoms with Gasteiger partial charge in [0.2, 0.25) is 0 Å². The monoisotopic (exact) mass is 138 g/mol. The van der Waals surface area contributed by atoms with Gasteiger partial charge < -0.3 is 10.1 Å². The van der Waals surface area contributed by atoms with Crippen LogP contribution in [0.15, 0.2) is 18.3 Å². The minimum atomic E-state index is -0.507. The van der Waals surface area contributed by atoms with Crippen molar-refractivity contribution in [3.05, 3.63) is 34.0 Å². The number of aryl methyl sites for hydroxylation is 1. The van der Waals surface area contributed by atoms with Crippen molar-refractivity contribution in [2.75, 3.05) is 0 Å². The summed E-state index contributed by atoms with van der Waals surface area (Å²) >= 11 is 0. The predicted molar refractivity (Wildman–Crippen MR) is 35.6 cm³/mol. The Balaban J connectivity index is 3.07. The molecule has 10 heavy (non-hydrogen) atoms. The number of hydrogen-bond donors (Lipinski definition) is 0. The Kier molecular flexibility index (Phi) is 1.62. The summed E-state index contributed by atoms with van der Waals surface area (Å²) in [6.07, 6.45) is 1.42. The van der Waals surface area contributed by atoms with Gasteiger partial charge in [0.15, 0.2) is 0 Å². The maximum absolute atomic E-state index is 10.1. The molecule has 0 saturated heterocycles. The summed E-state index contributed by atoms with van der Waals surface area (Å²) in [6.45, 7) is 1.79. The van der Waals surface area contributed by atoms with Crippen molar-refractivity contribution in [2.24, 2.45) is 0 Å². The van der Waals surface area contributed by atoms with E-state index in [1.165, 1.54) is 12.3 Å². The lowest BCUT2D eigenvalue weighted by Gasteiger charge is -1.90. The fourth-order valence-corrected chi connectivity index (χ4v) is 0.620. The Morgan fingerprint density at radius 2 is 2.40 bits per heavy atom. The van der Waals surface area contributed by atoms with Crippen molar-refractivity contribution in [2.45, 2.75) is 6.92 Å². The van der Waals surface area contributed by atoms with Crippen LogP contribution in [0.2, 0.25) is 0 Å². The van der Waals surface area contributed by atoms with E-state index in [0.29, 0.717) is 0 Å². The zero-order valence-electron chi connectivity index (χ0n) is 5.44. The van der Waals surface area contributed by atoms with Crippen LogP contribution in [0.4, 0.5) is 5.82 Å². The SMILES string of the molecule is Cc1ccnc([N+](=O)[O-])c1. The molecule has 1 aromatic heterocycles. The fraction of sp³-hybridized carbons (Fsp3) is 0.167. The lowest BCUT2D eigenvalue weighted by Crippen LogP contribution is -1.90. The van der Waals surface area contributed by atoms with Crippen LogP contribution in [0, 0.1) is 17.0 Å². The van der Waals surface area contributed by atoms with Gasteiger partial charge in [-0.05, 0) is 28.5 Å². The summed E-state index contributed by atoms with van der Waals surface area (Å²) in [4.78, 5) is 13.1. The third-order valence-corrected chi connectivity index (χ3v) is 1.09. The Labute approximate surface area is 57.7 Å². The van der Waals surface area contributed by atoms with Crippen LogP contribution >= 0.6 is 0 Å². The molecule has 0 unspecified atom stereocenters. The van der Waals surface area contributed by atoms with Crippen LogP contribution in [-0.4, -0.2) is 9.91 Å². The third kappa shape index (κ3) is 1.28. The molecular formula is C6H6N2O2. The lowest BCUT2D eigenvalue weighted by molar-refractivity contribution is -0.389. The van der Waals surface area contributed by atoms with E-state index in [9.17, 15) is 10.1 Å². The van der Waals surface area contributed by atoms with E-state index >= 15 is 0 Å². The minimum absolute atomic E-state index is 0.0972. The Hall–Kier alpha value is -1.45. The van der Waals surface area contributed by atoms with Gasteiger partial charge >= 0.3 is 5.82 Å². The van der Waals surface area contributed by atoms with Crippen molar-refractivity contribution in [3.63, 3.8) is 0 Å². The Morgan fingerprint density at radius 3 is 2.80 bits per heavy atom. The number of rotatable bonds is 1. The largest absolute Gasteiger partial charge is 0.363 e. The van der Waals surface area contributed by atoms with Crippen LogP contribution < -0.4 is 0 Å². The van der Waals surface area contributed by atoms with Crippen molar-refractivity contribution in [3.8, 4) is 0 Å². The molecule has 0 aliphatic heterocycles. The zero-order chi connectivity index (χ0) is 7.56. The molecule has 0 aromatic carbocycles. The molecule has 0 bridgehead atoms. The second-order valence-corrected chi connectivity index (χ2v) is 1.95. The summed E-state index contributed by atoms with van der Waals surface area (Å²) in [7, 11) is 0. The smallest absolute Gasteiger partial charge is 0.358 e. The lowest BCUT2D eigenvalue weighted by atomic mass is 10.3. The van der Waals surface area contributed by atoms with E-state index in [-0.39, 0.29) is 5.82 Å². The van der Waals surface area contributed by atoms with Crippen molar-refractivity contribution >= 4 is 5.82 Å². The molecule has 4 nitrogen and oxygen atoms in total. The molecule has 0 atom stereocenters. The molecule has 4 heteroatoms. The predicted octanol–water partition coefficient (Wildman–Crippen LogP) is 1.30. The molecular weight excluding hydrogens is 132 g/mol. The number of hydrogen-bond acceptors (Lipinski definition) is 3. The second-order valence-electron chi connectivity index (χ2n) is 1.95. The molecule has 0 aliphatic rings. The van der Waals surface area contributed by atoms with Crippen LogP contribution in [0.1, 0.15) is 5.56 Å². The van der Waals surface area contributed by atoms with E-state index < -0.39 is 4.92 Å². The Morgan fingerprint density at radius 1 is 1.70 bits per heavy atom. The summed E-state index contributed by atoms with van der Waals surface area (Å²) in [5.41, 5.74) is 0.849. The second kappa shape index (κ2) is 2.43. The van der Waals surface area contributed by atoms with Crippen LogP contribution in [0.25, 0.3) is 0 Å². The highest BCUT2D eigenvalue weighted by Crippen LogP contribution is 2.06. The number of pyridine rings is 1. The molecule has 0 amide bonds. The first-order valence-corrected chi connectivity index (χ1v) is 2.77. The average Bonchev–Trinajstić information content (AvgIpc) is 1.88. The van der Waals surface area contributed by atoms with Gasteiger partial charge in [-0.2, -0.15) is 0 Å². The summed E-state index contributed by atoms with van der Waals surface area (Å²) < 4.78 is 0. The molecule has 0 radical (unpaired) electrons. The van der Waals surface area contributed by atoms with E-state index in [1.54, 1.807) is 13.0 Å². The normalized spacial score (nSPS) is 9.30. The van der Waals surface area contributed by atoms with Crippen LogP contribution in [-0.2, 0) is 0 Å². The van der Waals surface area contributed by atoms with Gasteiger partial charge in [0.05, 0.1) is 0 Å². The molecule has 0 saturated carbocycles. The quantitative estimate of drug-likeness (QED) is 0.434. The third-order valence-electron chi connectivity index (χ3n) is 1.09. The first-order valence-electron chi connectivity index (χ1n) is 2.77. The van der Waals surface area contributed by atoms with Gasteiger partial charge in [-0.25, -0.2) is 0 Å². The maximum atomic E-state index is 10.1. The van der Waals surface area contributed by atoms with Gasteiger partial charge in [-0.15, -0.1) is 0 Å². The van der Waals surface area contributed by atoms with Gasteiger partial charge in [-0.3, -0.25) is 0 Å². The highest BCUT2D eigenvalue weighted by Gasteiger charge is 2.03. The molecule has 1 aromatic rings. The first kappa shape index (κ1) is 6.67. The first-order chi connectivity index (χ1) is 4.70. The van der Waals surface area contributed by atoms with E-state index in [4.69, 9.17) is 0 Å². The number of nitrogens with zero attached hydrogens (tertiary/aromatic N) is 2. The molecule has 1 rings (SSSR count). The highest BCUT2D eigenvalue weighted by atomic mass is 16.6. The van der Waals surface area contributed by atoms with Gasteiger partial charge in [0.25, 0.3) is 0 Å². The summed E-state index contributed by atoms with van der Waals surface area (Å²) in [5, 5.41) is 10.1. The fourth-order valence-electron chi connectivity index (χ4n) is 0.620. The van der Waals surface area contributed by atoms with Crippen molar-refractivity contribution < 1.29 is 4.92 Å². The molecule has 0 spiro atoms. The Bertz CT molecular complexity index is 260. The summed E-state index contributed by atoms with van der Waals surface area (Å²) in [5.74, 6) is -0.0972. The van der Waals surface area contributed by atoms with Gasteiger partial charge in [0, 0.05) is 6.07 Å². The number of aromatic nitrogens is 1. The van der Waals surface area contributed by atoms with Crippen LogP contribution in [0.5, 0.6) is 0 Å². The highest BCUT2D eigenvalue weighted by molar-refractivity contribution is 5.23. The average molecular weight is 138 g/mol. The molecule has 52 valence electrons. The number of nitro groups is 1. The van der Waals surface area contributed by atoms with Gasteiger partial charge in [-0.1, -0.05) is 0 Å². The summed E-state index contributed by atoms with van der Waals surface area (Å²) in [6, 6.07) is 3.15. The van der Waals surface area contributed by atoms with E-state index in [2.05, 4.69) is 4.98 Å². The minimum Gasteiger partial charge on any atom is -0.358 e. The topological polar surface area (TPSA) is 56.0 Å². The standard InChI is InChI=1S/C6H6N2O2/c1-5-2-3-7-6(4-5)8(9)10/h2-4H,1H3. The van der Waals surface area contributed by atoms with Crippen molar-refractivity contribution in [1.82, 2.24) is 4.98 Å². The van der Waals surface area contributed by atoms with Gasteiger partial charge in [0.1, 0.15) is 6.20 Å². The maximum Gasteiger partial charge on any atom is 0.363 e. The van der Waals surface area contributed by atoms with E-state index in [0.717, 1.165) is 5.56 Å². The van der Waals surface area contributed by atoms with Crippen LogP contribution in [0.3, 0.4) is 0 Å². The van der Waals surface area contributed by atoms with Crippen molar-refractivity contribution in [1.29, 1.82) is 0 Å². The molecule has 0 aliphatic carbocycles.